The van der Waals surface area contributed by atoms with Crippen molar-refractivity contribution in [2.24, 2.45) is 4.99 Å². The maximum atomic E-state index is 9.33. The average Bonchev–Trinajstić information content (AvgIpc) is 3.41. The molecule has 1 saturated heterocycles. The minimum atomic E-state index is -0.0567. The summed E-state index contributed by atoms with van der Waals surface area (Å²) in [5.41, 5.74) is 1.97. The molecule has 170 valence electrons. The van der Waals surface area contributed by atoms with Gasteiger partial charge in [-0.2, -0.15) is 5.26 Å². The van der Waals surface area contributed by atoms with Crippen molar-refractivity contribution in [3.05, 3.63) is 80.3 Å². The summed E-state index contributed by atoms with van der Waals surface area (Å²) in [7, 11) is 0. The number of nitrogens with one attached hydrogen (secondary N) is 1. The van der Waals surface area contributed by atoms with Gasteiger partial charge in [0.15, 0.2) is 5.82 Å². The van der Waals surface area contributed by atoms with E-state index in [9.17, 15) is 5.26 Å². The number of aliphatic imine (C=N–C) groups is 1. The van der Waals surface area contributed by atoms with Crippen molar-refractivity contribution < 1.29 is 0 Å². The molecule has 1 N–H and O–H groups in total. The van der Waals surface area contributed by atoms with E-state index in [1.165, 1.54) is 0 Å². The van der Waals surface area contributed by atoms with Crippen LogP contribution in [0.2, 0.25) is 15.1 Å². The first kappa shape index (κ1) is 23.4. The van der Waals surface area contributed by atoms with Crippen molar-refractivity contribution in [3.8, 4) is 6.19 Å². The van der Waals surface area contributed by atoms with Crippen molar-refractivity contribution in [1.82, 2.24) is 25.0 Å². The van der Waals surface area contributed by atoms with Gasteiger partial charge < -0.3 is 14.8 Å². The molecular formula is C23H22Cl3N7. The molecule has 1 aliphatic rings. The first-order valence-corrected chi connectivity index (χ1v) is 11.6. The summed E-state index contributed by atoms with van der Waals surface area (Å²) in [6.45, 7) is 3.74. The molecule has 10 heteroatoms. The lowest BCUT2D eigenvalue weighted by Gasteiger charge is -2.27. The Morgan fingerprint density at radius 3 is 2.64 bits per heavy atom. The van der Waals surface area contributed by atoms with E-state index in [1.54, 1.807) is 12.1 Å². The van der Waals surface area contributed by atoms with Crippen LogP contribution in [0.1, 0.15) is 41.7 Å². The van der Waals surface area contributed by atoms with Crippen molar-refractivity contribution in [2.45, 2.75) is 38.9 Å². The van der Waals surface area contributed by atoms with E-state index >= 15 is 0 Å². The van der Waals surface area contributed by atoms with Gasteiger partial charge in [0, 0.05) is 28.2 Å². The van der Waals surface area contributed by atoms with Crippen LogP contribution in [0.25, 0.3) is 0 Å². The molecule has 1 aromatic heterocycles. The van der Waals surface area contributed by atoms with Gasteiger partial charge in [-0.1, -0.05) is 53.0 Å². The second kappa shape index (κ2) is 10.4. The van der Waals surface area contributed by atoms with Crippen LogP contribution in [0, 0.1) is 18.4 Å². The Balaban J connectivity index is 1.56. The van der Waals surface area contributed by atoms with Gasteiger partial charge in [0.05, 0.1) is 12.6 Å². The second-order valence-electron chi connectivity index (χ2n) is 7.79. The summed E-state index contributed by atoms with van der Waals surface area (Å²) in [6.07, 6.45) is 3.75. The molecule has 4 rings (SSSR count). The number of aryl methyl sites for hydroxylation is 1. The van der Waals surface area contributed by atoms with Crippen LogP contribution >= 0.6 is 34.8 Å². The third-order valence-electron chi connectivity index (χ3n) is 5.65. The highest BCUT2D eigenvalue weighted by Crippen LogP contribution is 2.32. The lowest BCUT2D eigenvalue weighted by Crippen LogP contribution is -2.41. The van der Waals surface area contributed by atoms with Crippen LogP contribution in [-0.2, 0) is 13.1 Å². The molecule has 1 atom stereocenters. The highest BCUT2D eigenvalue weighted by molar-refractivity contribution is 6.35. The maximum absolute atomic E-state index is 9.33. The van der Waals surface area contributed by atoms with Crippen LogP contribution < -0.4 is 5.32 Å². The predicted molar refractivity (Wildman–Crippen MR) is 130 cm³/mol. The molecule has 0 aliphatic carbocycles. The van der Waals surface area contributed by atoms with Crippen LogP contribution in [-0.4, -0.2) is 32.2 Å². The SMILES string of the molecule is Cc1nnc([C@H]2CCCN2/C(=N/C#N)NCc2ccc(Cl)cc2Cl)n1Cc1ccc(Cl)cc1. The number of nitriles is 1. The fourth-order valence-electron chi connectivity index (χ4n) is 3.99. The van der Waals surface area contributed by atoms with Crippen LogP contribution in [0.15, 0.2) is 47.5 Å². The summed E-state index contributed by atoms with van der Waals surface area (Å²) >= 11 is 18.3. The molecule has 2 aromatic carbocycles. The van der Waals surface area contributed by atoms with E-state index < -0.39 is 0 Å². The fraction of sp³-hybridized carbons (Fsp3) is 0.304. The smallest absolute Gasteiger partial charge is 0.210 e. The van der Waals surface area contributed by atoms with Crippen molar-refractivity contribution >= 4 is 40.8 Å². The highest BCUT2D eigenvalue weighted by atomic mass is 35.5. The Hall–Kier alpha value is -2.79. The van der Waals surface area contributed by atoms with Gasteiger partial charge >= 0.3 is 0 Å². The monoisotopic (exact) mass is 501 g/mol. The molecule has 33 heavy (non-hydrogen) atoms. The maximum Gasteiger partial charge on any atom is 0.210 e. The van der Waals surface area contributed by atoms with Crippen LogP contribution in [0.3, 0.4) is 0 Å². The van der Waals surface area contributed by atoms with Crippen LogP contribution in [0.5, 0.6) is 0 Å². The summed E-state index contributed by atoms with van der Waals surface area (Å²) in [5.74, 6) is 2.16. The fourth-order valence-corrected chi connectivity index (χ4v) is 4.59. The van der Waals surface area contributed by atoms with Gasteiger partial charge in [-0.3, -0.25) is 0 Å². The van der Waals surface area contributed by atoms with Crippen molar-refractivity contribution in [1.29, 1.82) is 5.26 Å². The van der Waals surface area contributed by atoms with E-state index in [0.29, 0.717) is 34.1 Å². The molecule has 0 unspecified atom stereocenters. The lowest BCUT2D eigenvalue weighted by molar-refractivity contribution is 0.360. The Bertz CT molecular complexity index is 1200. The van der Waals surface area contributed by atoms with Gasteiger partial charge in [-0.05, 0) is 55.2 Å². The largest absolute Gasteiger partial charge is 0.351 e. The zero-order valence-corrected chi connectivity index (χ0v) is 20.2. The molecule has 0 spiro atoms. The van der Waals surface area contributed by atoms with Gasteiger partial charge in [0.25, 0.3) is 0 Å². The zero-order chi connectivity index (χ0) is 23.4. The number of nitrogens with zero attached hydrogens (tertiary/aromatic N) is 6. The predicted octanol–water partition coefficient (Wildman–Crippen LogP) is 5.36. The number of hydrogen-bond donors (Lipinski definition) is 1. The highest BCUT2D eigenvalue weighted by Gasteiger charge is 2.33. The number of likely N-dealkylation sites (tertiary alicyclic amines) is 1. The van der Waals surface area contributed by atoms with Gasteiger partial charge in [-0.15, -0.1) is 15.2 Å². The average molecular weight is 503 g/mol. The van der Waals surface area contributed by atoms with E-state index in [0.717, 1.165) is 42.2 Å². The van der Waals surface area contributed by atoms with Crippen LogP contribution in [0.4, 0.5) is 0 Å². The second-order valence-corrected chi connectivity index (χ2v) is 9.07. The number of aromatic nitrogens is 3. The molecule has 0 radical (unpaired) electrons. The molecule has 1 fully saturated rings. The quantitative estimate of drug-likeness (QED) is 0.288. The first-order chi connectivity index (χ1) is 16.0. The van der Waals surface area contributed by atoms with Crippen molar-refractivity contribution in [3.63, 3.8) is 0 Å². The molecule has 2 heterocycles. The minimum absolute atomic E-state index is 0.0567. The molecule has 1 aliphatic heterocycles. The molecule has 3 aromatic rings. The third kappa shape index (κ3) is 5.41. The Morgan fingerprint density at radius 2 is 1.91 bits per heavy atom. The number of hydrogen-bond acceptors (Lipinski definition) is 4. The normalized spacial score (nSPS) is 16.2. The van der Waals surface area contributed by atoms with Gasteiger partial charge in [-0.25, -0.2) is 0 Å². The lowest BCUT2D eigenvalue weighted by atomic mass is 10.2. The standard InChI is InChI=1S/C23H22Cl3N7/c1-15-30-31-22(33(15)13-16-4-7-18(24)8-5-16)21-3-2-10-32(21)23(29-14-27)28-12-17-6-9-19(25)11-20(17)26/h4-9,11,21H,2-3,10,12-13H2,1H3,(H,28,29)/t21-/m1/s1. The molecule has 0 bridgehead atoms. The topological polar surface area (TPSA) is 82.1 Å². The molecule has 0 amide bonds. The summed E-state index contributed by atoms with van der Waals surface area (Å²) in [4.78, 5) is 6.15. The van der Waals surface area contributed by atoms with E-state index in [4.69, 9.17) is 34.8 Å². The summed E-state index contributed by atoms with van der Waals surface area (Å²) in [5, 5.41) is 23.3. The Morgan fingerprint density at radius 1 is 1.15 bits per heavy atom. The van der Waals surface area contributed by atoms with E-state index in [1.807, 2.05) is 43.4 Å². The first-order valence-electron chi connectivity index (χ1n) is 10.5. The number of halogens is 3. The zero-order valence-electron chi connectivity index (χ0n) is 18.0. The van der Waals surface area contributed by atoms with Crippen molar-refractivity contribution in [2.75, 3.05) is 6.54 Å². The Kier molecular flexibility index (Phi) is 7.39. The van der Waals surface area contributed by atoms with Gasteiger partial charge in [0.2, 0.25) is 12.2 Å². The van der Waals surface area contributed by atoms with E-state index in [2.05, 4.69) is 30.0 Å². The summed E-state index contributed by atoms with van der Waals surface area (Å²) < 4.78 is 2.10. The number of guanidine groups is 1. The number of benzene rings is 2. The van der Waals surface area contributed by atoms with Gasteiger partial charge in [0.1, 0.15) is 5.82 Å². The molecular weight excluding hydrogens is 481 g/mol. The minimum Gasteiger partial charge on any atom is -0.351 e. The molecule has 7 nitrogen and oxygen atoms in total. The number of rotatable bonds is 5. The van der Waals surface area contributed by atoms with E-state index in [-0.39, 0.29) is 6.04 Å². The third-order valence-corrected chi connectivity index (χ3v) is 6.49. The summed E-state index contributed by atoms with van der Waals surface area (Å²) in [6, 6.07) is 13.0. The molecule has 0 saturated carbocycles. The Labute approximate surface area is 207 Å².